The highest BCUT2D eigenvalue weighted by atomic mass is 127. The van der Waals surface area contributed by atoms with Crippen molar-refractivity contribution in [2.45, 2.75) is 6.92 Å². The highest BCUT2D eigenvalue weighted by Gasteiger charge is 2.04. The van der Waals surface area contributed by atoms with Crippen molar-refractivity contribution >= 4 is 34.4 Å². The predicted octanol–water partition coefficient (Wildman–Crippen LogP) is 2.78. The average Bonchev–Trinajstić information content (AvgIpc) is 2.20. The minimum Gasteiger partial charge on any atom is -0.436 e. The summed E-state index contributed by atoms with van der Waals surface area (Å²) in [7, 11) is 0. The van der Waals surface area contributed by atoms with E-state index in [0.29, 0.717) is 0 Å². The molecule has 0 unspecified atom stereocenters. The van der Waals surface area contributed by atoms with Gasteiger partial charge in [0.15, 0.2) is 6.61 Å². The zero-order valence-electron chi connectivity index (χ0n) is 8.21. The van der Waals surface area contributed by atoms with Gasteiger partial charge in [0.25, 0.3) is 0 Å². The Bertz CT molecular complexity index is 410. The molecule has 78 valence electrons. The van der Waals surface area contributed by atoms with Crippen LogP contribution in [0.25, 0.3) is 0 Å². The van der Waals surface area contributed by atoms with Crippen molar-refractivity contribution in [3.8, 4) is 12.3 Å². The van der Waals surface area contributed by atoms with Crippen LogP contribution in [0.3, 0.4) is 0 Å². The van der Waals surface area contributed by atoms with Crippen LogP contribution in [0.5, 0.6) is 0 Å². The normalized spacial score (nSPS) is 9.13. The Morgan fingerprint density at radius 3 is 3.07 bits per heavy atom. The summed E-state index contributed by atoms with van der Waals surface area (Å²) in [6, 6.07) is 5.76. The fraction of sp³-hybridized carbons (Fsp3) is 0.182. The second-order valence-corrected chi connectivity index (χ2v) is 4.11. The zero-order chi connectivity index (χ0) is 11.3. The van der Waals surface area contributed by atoms with E-state index in [4.69, 9.17) is 11.2 Å². The van der Waals surface area contributed by atoms with Gasteiger partial charge >= 0.3 is 6.09 Å². The predicted molar refractivity (Wildman–Crippen MR) is 67.7 cm³/mol. The molecule has 0 saturated heterocycles. The van der Waals surface area contributed by atoms with Crippen molar-refractivity contribution in [2.24, 2.45) is 0 Å². The number of amides is 1. The van der Waals surface area contributed by atoms with Crippen LogP contribution in [0.15, 0.2) is 18.2 Å². The number of terminal acetylenes is 1. The van der Waals surface area contributed by atoms with Gasteiger partial charge in [0, 0.05) is 9.26 Å². The molecule has 0 atom stereocenters. The molecule has 1 rings (SSSR count). The van der Waals surface area contributed by atoms with E-state index in [1.54, 1.807) is 0 Å². The Hall–Kier alpha value is -1.22. The summed E-state index contributed by atoms with van der Waals surface area (Å²) < 4.78 is 5.75. The van der Waals surface area contributed by atoms with E-state index in [-0.39, 0.29) is 6.61 Å². The molecule has 1 N–H and O–H groups in total. The molecule has 4 heteroatoms. The van der Waals surface area contributed by atoms with Crippen LogP contribution in [-0.2, 0) is 4.74 Å². The first-order valence-electron chi connectivity index (χ1n) is 4.27. The Morgan fingerprint density at radius 2 is 2.40 bits per heavy atom. The minimum atomic E-state index is -0.530. The first-order chi connectivity index (χ1) is 7.13. The number of nitrogens with one attached hydrogen (secondary N) is 1. The molecule has 0 aliphatic heterocycles. The van der Waals surface area contributed by atoms with Gasteiger partial charge in [0.2, 0.25) is 0 Å². The first-order valence-corrected chi connectivity index (χ1v) is 5.34. The van der Waals surface area contributed by atoms with E-state index in [0.717, 1.165) is 14.8 Å². The van der Waals surface area contributed by atoms with E-state index < -0.39 is 6.09 Å². The molecule has 0 heterocycles. The Kier molecular flexibility index (Phi) is 4.43. The second kappa shape index (κ2) is 5.61. The fourth-order valence-corrected chi connectivity index (χ4v) is 1.47. The Labute approximate surface area is 102 Å². The van der Waals surface area contributed by atoms with E-state index >= 15 is 0 Å². The maximum atomic E-state index is 11.2. The van der Waals surface area contributed by atoms with Crippen LogP contribution in [0.2, 0.25) is 0 Å². The standard InChI is InChI=1S/C11H10INO2/c1-3-6-15-11(14)13-10-7-9(12)5-4-8(10)2/h1,4-5,7H,6H2,2H3,(H,13,14). The molecule has 0 aliphatic rings. The molecular weight excluding hydrogens is 305 g/mol. The van der Waals surface area contributed by atoms with E-state index in [1.807, 2.05) is 25.1 Å². The molecule has 0 spiro atoms. The number of carbonyl (C=O) groups excluding carboxylic acids is 1. The van der Waals surface area contributed by atoms with Gasteiger partial charge < -0.3 is 4.74 Å². The van der Waals surface area contributed by atoms with Gasteiger partial charge in [0.1, 0.15) is 0 Å². The van der Waals surface area contributed by atoms with Crippen molar-refractivity contribution in [1.82, 2.24) is 0 Å². The quantitative estimate of drug-likeness (QED) is 0.673. The first kappa shape index (κ1) is 11.9. The van der Waals surface area contributed by atoms with Crippen LogP contribution in [0, 0.1) is 22.8 Å². The van der Waals surface area contributed by atoms with Crippen molar-refractivity contribution in [3.63, 3.8) is 0 Å². The number of anilines is 1. The van der Waals surface area contributed by atoms with Crippen LogP contribution >= 0.6 is 22.6 Å². The molecule has 1 aromatic rings. The van der Waals surface area contributed by atoms with Gasteiger partial charge in [-0.3, -0.25) is 5.32 Å². The number of hydrogen-bond acceptors (Lipinski definition) is 2. The van der Waals surface area contributed by atoms with Gasteiger partial charge in [-0.05, 0) is 47.2 Å². The lowest BCUT2D eigenvalue weighted by molar-refractivity contribution is 0.176. The summed E-state index contributed by atoms with van der Waals surface area (Å²) in [6.45, 7) is 1.89. The number of hydrogen-bond donors (Lipinski definition) is 1. The summed E-state index contributed by atoms with van der Waals surface area (Å²) in [5.74, 6) is 2.23. The Balaban J connectivity index is 2.68. The topological polar surface area (TPSA) is 38.3 Å². The lowest BCUT2D eigenvalue weighted by Crippen LogP contribution is -2.14. The van der Waals surface area contributed by atoms with Crippen molar-refractivity contribution in [3.05, 3.63) is 27.3 Å². The van der Waals surface area contributed by atoms with Crippen LogP contribution in [0.1, 0.15) is 5.56 Å². The molecule has 3 nitrogen and oxygen atoms in total. The summed E-state index contributed by atoms with van der Waals surface area (Å²) in [5.41, 5.74) is 1.72. The summed E-state index contributed by atoms with van der Waals surface area (Å²) in [4.78, 5) is 11.2. The van der Waals surface area contributed by atoms with Gasteiger partial charge in [0.05, 0.1) is 0 Å². The maximum Gasteiger partial charge on any atom is 0.412 e. The lowest BCUT2D eigenvalue weighted by atomic mass is 10.2. The summed E-state index contributed by atoms with van der Waals surface area (Å²) in [6.07, 6.45) is 4.44. The Morgan fingerprint density at radius 1 is 1.67 bits per heavy atom. The van der Waals surface area contributed by atoms with Gasteiger partial charge in [-0.2, -0.15) is 0 Å². The van der Waals surface area contributed by atoms with Gasteiger partial charge in [-0.1, -0.05) is 12.0 Å². The number of halogens is 1. The SMILES string of the molecule is C#CCOC(=O)Nc1cc(I)ccc1C. The van der Waals surface area contributed by atoms with Crippen molar-refractivity contribution in [2.75, 3.05) is 11.9 Å². The average molecular weight is 315 g/mol. The largest absolute Gasteiger partial charge is 0.436 e. The number of rotatable bonds is 2. The third-order valence-electron chi connectivity index (χ3n) is 1.72. The van der Waals surface area contributed by atoms with Gasteiger partial charge in [-0.15, -0.1) is 6.42 Å². The van der Waals surface area contributed by atoms with Crippen molar-refractivity contribution < 1.29 is 9.53 Å². The molecule has 0 fully saturated rings. The molecule has 0 aromatic heterocycles. The highest BCUT2D eigenvalue weighted by molar-refractivity contribution is 14.1. The van der Waals surface area contributed by atoms with Crippen LogP contribution in [0.4, 0.5) is 10.5 Å². The number of benzene rings is 1. The lowest BCUT2D eigenvalue weighted by Gasteiger charge is -2.08. The van der Waals surface area contributed by atoms with E-state index in [2.05, 4.69) is 33.8 Å². The van der Waals surface area contributed by atoms with Crippen molar-refractivity contribution in [1.29, 1.82) is 0 Å². The second-order valence-electron chi connectivity index (χ2n) is 2.86. The maximum absolute atomic E-state index is 11.2. The van der Waals surface area contributed by atoms with Crippen LogP contribution in [-0.4, -0.2) is 12.7 Å². The third-order valence-corrected chi connectivity index (χ3v) is 2.39. The molecule has 1 aromatic carbocycles. The number of aryl methyl sites for hydroxylation is 1. The van der Waals surface area contributed by atoms with E-state index in [9.17, 15) is 4.79 Å². The van der Waals surface area contributed by atoms with Gasteiger partial charge in [-0.25, -0.2) is 4.79 Å². The van der Waals surface area contributed by atoms with Crippen LogP contribution < -0.4 is 5.32 Å². The third kappa shape index (κ3) is 3.80. The molecular formula is C11H10INO2. The summed E-state index contributed by atoms with van der Waals surface area (Å²) in [5, 5.41) is 2.62. The molecule has 1 amide bonds. The minimum absolute atomic E-state index is 0.0190. The highest BCUT2D eigenvalue weighted by Crippen LogP contribution is 2.18. The molecule has 0 radical (unpaired) electrons. The number of carbonyl (C=O) groups is 1. The van der Waals surface area contributed by atoms with E-state index in [1.165, 1.54) is 0 Å². The zero-order valence-corrected chi connectivity index (χ0v) is 10.4. The molecule has 0 bridgehead atoms. The monoisotopic (exact) mass is 315 g/mol. The summed E-state index contributed by atoms with van der Waals surface area (Å²) >= 11 is 2.17. The molecule has 0 saturated carbocycles. The number of ether oxygens (including phenoxy) is 1. The smallest absolute Gasteiger partial charge is 0.412 e. The fourth-order valence-electron chi connectivity index (χ4n) is 0.982. The molecule has 15 heavy (non-hydrogen) atoms. The molecule has 0 aliphatic carbocycles.